The Labute approximate surface area is 888 Å². The fourth-order valence-corrected chi connectivity index (χ4v) is 465. The summed E-state index contributed by atoms with van der Waals surface area (Å²) in [4.78, 5) is 65.4. The number of aryl methyl sites for hydroxylation is 2. The third-order valence-electron chi connectivity index (χ3n) is 20.6. The number of methoxy groups -OCH3 is 4. The molecule has 54 heteroatoms. The van der Waals surface area contributed by atoms with E-state index < -0.39 is 38.2 Å². The summed E-state index contributed by atoms with van der Waals surface area (Å²) in [6.45, 7) is 11.4. The van der Waals surface area contributed by atoms with E-state index in [2.05, 4.69) is 79.8 Å². The minimum absolute atomic E-state index is 0. The number of aromatic nitrogens is 5. The first kappa shape index (κ1) is 114. The van der Waals surface area contributed by atoms with Crippen molar-refractivity contribution in [3.8, 4) is 62.1 Å². The number of thiol groups is 1. The molecule has 0 bridgehead atoms. The van der Waals surface area contributed by atoms with Gasteiger partial charge in [0.05, 0.1) is 55.6 Å². The monoisotopic (exact) mass is 2490 g/mol. The summed E-state index contributed by atoms with van der Waals surface area (Å²) in [6, 6.07) is 79.0. The summed E-state index contributed by atoms with van der Waals surface area (Å²) in [5.41, 5.74) is 40.4. The van der Waals surface area contributed by atoms with E-state index in [0.29, 0.717) is 93.4 Å². The topological polar surface area (TPSA) is 478 Å². The average molecular weight is 2490 g/mol. The molecular formula is C92H90B2BrClN11O19P16PdS3. The van der Waals surface area contributed by atoms with E-state index in [-0.39, 0.29) is 65.3 Å². The number of hydrogen-bond acceptors (Lipinski definition) is 31. The number of anilines is 5. The minimum Gasteiger partial charge on any atom is -0.0716 e. The van der Waals surface area contributed by atoms with Crippen LogP contribution in [0.3, 0.4) is 0 Å². The molecular weight excluding hydrogens is 2400 g/mol. The van der Waals surface area contributed by atoms with E-state index in [0.717, 1.165) is 145 Å². The Bertz CT molecular complexity index is 8020. The summed E-state index contributed by atoms with van der Waals surface area (Å²) in [7, 11) is 8.92. The Kier molecular flexibility index (Phi) is 41.5. The number of ether oxygens (including phenoxy) is 7. The molecule has 0 saturated heterocycles. The van der Waals surface area contributed by atoms with Gasteiger partial charge in [-0.25, -0.2) is 52.5 Å². The number of rotatable bonds is 24. The molecule has 9 aromatic carbocycles. The van der Waals surface area contributed by atoms with Crippen LogP contribution in [0, 0.1) is 13.8 Å². The molecule has 0 aliphatic heterocycles. The van der Waals surface area contributed by atoms with Gasteiger partial charge < -0.3 is 81.2 Å². The largest absolute Gasteiger partial charge is 0.0716 e. The summed E-state index contributed by atoms with van der Waals surface area (Å²) < 4.78 is 90.6. The molecule has 0 amide bonds. The maximum Gasteiger partial charge on any atom is 0 e. The zero-order chi connectivity index (χ0) is 104. The second kappa shape index (κ2) is 53.1. The van der Waals surface area contributed by atoms with Gasteiger partial charge >= 0.3 is 65.9 Å². The molecule has 8 atom stereocenters. The molecule has 1 radical (unpaired) electrons. The van der Waals surface area contributed by atoms with Gasteiger partial charge in [0.2, 0.25) is 0 Å². The van der Waals surface area contributed by atoms with Crippen LogP contribution >= 0.6 is 145 Å². The second-order valence-corrected chi connectivity index (χ2v) is 141. The zero-order valence-electron chi connectivity index (χ0n) is 77.7. The van der Waals surface area contributed by atoms with Crippen LogP contribution < -0.4 is 52.5 Å². The van der Waals surface area contributed by atoms with Crippen molar-refractivity contribution in [1.82, 2.24) is 24.9 Å². The van der Waals surface area contributed by atoms with Crippen molar-refractivity contribution in [2.75, 3.05) is 57.1 Å². The molecule has 13 aromatic heterocycles. The predicted molar refractivity (Wildman–Crippen MR) is 617 cm³/mol. The number of nitrogens with zero attached hydrogens (tertiary/aromatic N) is 6. The number of halogens is 2. The third-order valence-corrected chi connectivity index (χ3v) is 241. The standard InChI is InChI=1S/C20H18N2O5S.C20H18N2O3.C13H12N2O3.C12H11BrN2O.C12H12N2O.C8H9BO4.C7H7ClO2S.BHNS.H2P16.Pd/c1-13-3-9-17(10-4-13)28(24,25)27-18-11-16(12-22-19(18)21)14-5-7-15(8-6-14)20(23)26-2;1-24-20(23)16-9-7-15(8-10-16)17-11-18(19(21)22-12-17)25-13-14-5-3-2-4-6-14;1-18-13(17)9-4-2-8(3-5-9)10-6-11(16)12(14)15-7-10;13-10-6-11(12(14)15-7-10)16-8-9-4-2-1-3-5-9;13-12-11(7-4-8-14-12)15-9-10-5-2-1-3-6-10;1-13-8(10)6-2-4-7(5-3-6)9(11)12;1-6-2-4-7(5-3-6)11(8,9)10;1-2-3;1-3-4(1)7(3)9-11-12(9)15(11)16-13-10(14(13)16)8-5-2-6(5)8;/h3-12H,1-2H3,(H2,21,22);2-12H,13H2,1H3,(H2,21,22);2-7,16H,1H3,(H2,14,15);1-7H,8H2,(H2,14,15);1-8H,9H2,(H2,13,14);2-5,11-12H,1H3;2-5H,1H3;3H;1-2H;. The van der Waals surface area contributed by atoms with Gasteiger partial charge in [0, 0.05) is 83.3 Å². The SMILES string of the molecule is COC(=O)c1ccc(-c2cnc(N)c(O)c2)cc1.COC(=O)c1ccc(-c2cnc(N)c(OCc3ccccc3)c2)cc1.COC(=O)c1ccc(-c2cnc(N)c(OS(=O)(=O)c3ccc(C)cc3)c2)cc1.COC(=O)c1ccc(B(O)O)cc1.Cc1ccc(S(=O)(=O)Cl)cc1.Nc1ncc(Br)cc1OCc1ccccc1.Nc1ncccc1OCc1ccccc1.[B]=NS.[Pd].[pH]1p2p(-p3p4p(-p5p6p(-p7p8[pH]p78)p56)p34)p12. The fourth-order valence-electron chi connectivity index (χ4n) is 12.5. The number of benzene rings is 9. The molecule has 0 aliphatic rings. The molecule has 13 heterocycles. The van der Waals surface area contributed by atoms with Crippen molar-refractivity contribution in [3.63, 3.8) is 0 Å². The first-order valence-electron chi connectivity index (χ1n) is 42.7. The number of fused-ring (bicyclic) bond motifs is 4. The number of carbonyl (C=O) groups excluding carboxylic acids is 4. The molecule has 22 aromatic rings. The van der Waals surface area contributed by atoms with Gasteiger partial charge in [0.25, 0.3) is 9.05 Å². The second-order valence-electron chi connectivity index (χ2n) is 30.5. The van der Waals surface area contributed by atoms with E-state index in [1.165, 1.54) is 95.3 Å². The maximum atomic E-state index is 12.5. The zero-order valence-corrected chi connectivity index (χ0v) is 98.6. The third kappa shape index (κ3) is 31.3. The van der Waals surface area contributed by atoms with Crippen molar-refractivity contribution in [1.29, 1.82) is 0 Å². The van der Waals surface area contributed by atoms with Crippen LogP contribution in [0.15, 0.2) is 323 Å². The van der Waals surface area contributed by atoms with Crippen LogP contribution in [0.5, 0.6) is 28.7 Å². The van der Waals surface area contributed by atoms with Crippen molar-refractivity contribution < 1.29 is 109 Å². The van der Waals surface area contributed by atoms with Crippen molar-refractivity contribution in [3.05, 3.63) is 359 Å². The van der Waals surface area contributed by atoms with E-state index in [1.807, 2.05) is 135 Å². The van der Waals surface area contributed by atoms with Crippen LogP contribution in [0.4, 0.5) is 29.1 Å². The van der Waals surface area contributed by atoms with Crippen LogP contribution in [-0.4, -0.2) is 124 Å². The number of aromatic hydroxyl groups is 1. The predicted octanol–water partition coefficient (Wildman–Crippen LogP) is 28.5. The van der Waals surface area contributed by atoms with Crippen LogP contribution in [0.25, 0.3) is 33.4 Å². The van der Waals surface area contributed by atoms with Crippen molar-refractivity contribution >= 4 is 237 Å². The molecule has 0 spiro atoms. The Morgan fingerprint density at radius 1 is 0.411 bits per heavy atom. The summed E-state index contributed by atoms with van der Waals surface area (Å²) in [6.07, 6.45) is 16.2. The van der Waals surface area contributed by atoms with Gasteiger partial charge in [0.1, 0.15) is 24.7 Å². The Balaban J connectivity index is 0.000000141. The molecule has 0 saturated carbocycles. The molecule has 0 fully saturated rings. The molecule has 30 nitrogen and oxygen atoms in total. The number of nitrogens with two attached hydrogens (primary N) is 5. The van der Waals surface area contributed by atoms with E-state index in [1.54, 1.807) is 131 Å². The van der Waals surface area contributed by atoms with E-state index >= 15 is 0 Å². The quantitative estimate of drug-likeness (QED) is 0.00677. The molecule has 22 rings (SSSR count). The first-order chi connectivity index (χ1) is 69.7. The Morgan fingerprint density at radius 2 is 0.726 bits per heavy atom. The van der Waals surface area contributed by atoms with Crippen LogP contribution in [0.2, 0.25) is 0 Å². The van der Waals surface area contributed by atoms with E-state index in [9.17, 15) is 41.1 Å². The smallest absolute Gasteiger partial charge is 0 e. The molecule has 755 valence electrons. The number of pyridine rings is 5. The fraction of sp³-hybridized carbons (Fsp3) is 0.0978. The van der Waals surface area contributed by atoms with Gasteiger partial charge in [-0.1, -0.05) is 190 Å². The molecule has 0 aliphatic carbocycles. The maximum absolute atomic E-state index is 12.5. The molecule has 8 unspecified atom stereocenters. The minimum atomic E-state index is -4.05. The van der Waals surface area contributed by atoms with Gasteiger partial charge in [-0.2, -0.15) is 8.42 Å². The van der Waals surface area contributed by atoms with Gasteiger partial charge in [0.15, 0.2) is 57.8 Å². The average Bonchev–Trinajstić information content (AvgIpc) is 1.41. The summed E-state index contributed by atoms with van der Waals surface area (Å²) in [5.74, 6) is 1.16. The van der Waals surface area contributed by atoms with Crippen LogP contribution in [0.1, 0.15) is 69.2 Å². The Morgan fingerprint density at radius 3 is 1.07 bits per heavy atom. The summed E-state index contributed by atoms with van der Waals surface area (Å²) in [5, 5.41) is 27.0. The van der Waals surface area contributed by atoms with Gasteiger partial charge in [-0.05, 0) is 268 Å². The number of hydrogen-bond donors (Lipinski definition) is 9. The van der Waals surface area contributed by atoms with Crippen LogP contribution in [-0.2, 0) is 78.4 Å². The summed E-state index contributed by atoms with van der Waals surface area (Å²) >= 11 is 6.52. The van der Waals surface area contributed by atoms with Crippen molar-refractivity contribution in [2.24, 2.45) is 4.30 Å². The normalized spacial score (nSPS) is 12.7. The van der Waals surface area contributed by atoms with E-state index in [4.69, 9.17) is 72.5 Å². The number of nitrogen functional groups attached to an aromatic ring is 5. The molecule has 146 heavy (non-hydrogen) atoms. The molecule has 13 N–H and O–H groups in total. The Hall–Kier alpha value is -9.06. The first-order valence-corrected chi connectivity index (χ1v) is 85.2. The van der Waals surface area contributed by atoms with Crippen molar-refractivity contribution in [2.45, 2.75) is 43.5 Å². The number of carbonyl (C=O) groups is 4. The van der Waals surface area contributed by atoms with Gasteiger partial charge in [-0.3, -0.25) is 0 Å². The number of esters is 4. The van der Waals surface area contributed by atoms with Gasteiger partial charge in [-0.15, -0.1) is 0 Å².